The normalized spacial score (nSPS) is 15.5. The van der Waals surface area contributed by atoms with Crippen LogP contribution in [0.3, 0.4) is 0 Å². The second kappa shape index (κ2) is 23.6. The zero-order valence-corrected chi connectivity index (χ0v) is 26.5. The Hall–Kier alpha value is -3.82. The van der Waals surface area contributed by atoms with Crippen molar-refractivity contribution in [3.8, 4) is 0 Å². The average molecular weight is 606 g/mol. The number of nitrogens with one attached hydrogen (secondary N) is 2. The second-order valence-corrected chi connectivity index (χ2v) is 10.5. The summed E-state index contributed by atoms with van der Waals surface area (Å²) < 4.78 is 6.08. The second-order valence-electron chi connectivity index (χ2n) is 10.5. The first kappa shape index (κ1) is 36.4. The minimum atomic E-state index is -0.420. The number of allylic oxidation sites excluding steroid dienone is 12. The van der Waals surface area contributed by atoms with Gasteiger partial charge in [-0.3, -0.25) is 14.5 Å². The van der Waals surface area contributed by atoms with Gasteiger partial charge in [0.2, 0.25) is 17.8 Å². The van der Waals surface area contributed by atoms with Gasteiger partial charge >= 0.3 is 0 Å². The van der Waals surface area contributed by atoms with Crippen molar-refractivity contribution in [2.24, 2.45) is 0 Å². The van der Waals surface area contributed by atoms with Crippen molar-refractivity contribution in [1.29, 1.82) is 0 Å². The zero-order chi connectivity index (χ0) is 31.7. The van der Waals surface area contributed by atoms with Gasteiger partial charge in [-0.1, -0.05) is 79.8 Å². The van der Waals surface area contributed by atoms with Crippen molar-refractivity contribution < 1.29 is 19.1 Å². The van der Waals surface area contributed by atoms with Crippen LogP contribution in [-0.2, 0) is 9.53 Å². The van der Waals surface area contributed by atoms with E-state index in [1.807, 2.05) is 6.08 Å². The smallest absolute Gasteiger partial charge is 0.276 e. The third kappa shape index (κ3) is 16.7. The molecule has 2 amide bonds. The third-order valence-corrected chi connectivity index (χ3v) is 6.94. The molecule has 2 N–H and O–H groups in total. The predicted molar refractivity (Wildman–Crippen MR) is 177 cm³/mol. The molecule has 9 nitrogen and oxygen atoms in total. The molecule has 2 rings (SSSR count). The topological polar surface area (TPSA) is 110 Å². The number of nitrogens with zero attached hydrogens (tertiary/aromatic N) is 3. The molecule has 240 valence electrons. The lowest BCUT2D eigenvalue weighted by Gasteiger charge is -2.34. The van der Waals surface area contributed by atoms with Gasteiger partial charge in [0.05, 0.1) is 19.4 Å². The monoisotopic (exact) mass is 605 g/mol. The summed E-state index contributed by atoms with van der Waals surface area (Å²) in [4.78, 5) is 31.3. The van der Waals surface area contributed by atoms with Crippen molar-refractivity contribution >= 4 is 11.8 Å². The Morgan fingerprint density at radius 1 is 0.886 bits per heavy atom. The standard InChI is InChI=1S/C35H51N5O4/c1-3-4-5-6-7-8-9-10-11-12-13-14-15-16-17-18-19-20-21-22-34(41)37-28-32(39-23-25-44-26-24-39)29-38-35(42)33-30-40(43)31(2)27-36-33/h4-5,7-8,10-11,13-14,16-17,19-20,27,30,32H,3,6,9,12,15,18,21-26,28-29H2,1-2H3,(H,37,41)(H,38,42). The summed E-state index contributed by atoms with van der Waals surface area (Å²) in [5.74, 6) is -0.446. The number of aromatic nitrogens is 2. The Morgan fingerprint density at radius 3 is 1.95 bits per heavy atom. The summed E-state index contributed by atoms with van der Waals surface area (Å²) in [7, 11) is 0. The molecule has 1 atom stereocenters. The highest BCUT2D eigenvalue weighted by molar-refractivity contribution is 5.91. The van der Waals surface area contributed by atoms with Gasteiger partial charge in [0.25, 0.3) is 5.91 Å². The Morgan fingerprint density at radius 2 is 1.41 bits per heavy atom. The summed E-state index contributed by atoms with van der Waals surface area (Å²) in [6.07, 6.45) is 35.4. The van der Waals surface area contributed by atoms with E-state index in [1.165, 1.54) is 12.4 Å². The lowest BCUT2D eigenvalue weighted by molar-refractivity contribution is -0.613. The van der Waals surface area contributed by atoms with Crippen molar-refractivity contribution in [2.45, 2.75) is 71.3 Å². The molecule has 1 aromatic heterocycles. The van der Waals surface area contributed by atoms with E-state index in [0.717, 1.165) is 51.6 Å². The first-order valence-corrected chi connectivity index (χ1v) is 15.8. The average Bonchev–Trinajstić information content (AvgIpc) is 3.03. The fourth-order valence-corrected chi connectivity index (χ4v) is 4.33. The summed E-state index contributed by atoms with van der Waals surface area (Å²) in [5.41, 5.74) is 0.478. The summed E-state index contributed by atoms with van der Waals surface area (Å²) in [5, 5.41) is 17.7. The van der Waals surface area contributed by atoms with Gasteiger partial charge in [-0.05, 0) is 44.9 Å². The van der Waals surface area contributed by atoms with Gasteiger partial charge < -0.3 is 20.6 Å². The van der Waals surface area contributed by atoms with E-state index >= 15 is 0 Å². The lowest BCUT2D eigenvalue weighted by atomic mass is 10.2. The van der Waals surface area contributed by atoms with E-state index in [4.69, 9.17) is 4.74 Å². The van der Waals surface area contributed by atoms with Crippen molar-refractivity contribution in [3.63, 3.8) is 0 Å². The molecular formula is C35H51N5O4. The van der Waals surface area contributed by atoms with Gasteiger partial charge in [-0.15, -0.1) is 0 Å². The van der Waals surface area contributed by atoms with Gasteiger partial charge in [-0.2, -0.15) is 4.73 Å². The van der Waals surface area contributed by atoms with E-state index in [-0.39, 0.29) is 17.6 Å². The lowest BCUT2D eigenvalue weighted by Crippen LogP contribution is -2.53. The van der Waals surface area contributed by atoms with E-state index in [2.05, 4.69) is 94.3 Å². The molecule has 1 unspecified atom stereocenters. The van der Waals surface area contributed by atoms with Crippen molar-refractivity contribution in [1.82, 2.24) is 20.5 Å². The number of carbonyl (C=O) groups excluding carboxylic acids is 2. The largest absolute Gasteiger partial charge is 0.618 e. The SMILES string of the molecule is CCC=CCC=CCC=CCC=CCC=CCC=CCCC(=O)NCC(CNC(=O)c1c[n+]([O-])c(C)cn1)N1CCOCC1. The van der Waals surface area contributed by atoms with Crippen molar-refractivity contribution in [3.05, 3.63) is 102 Å². The molecule has 0 radical (unpaired) electrons. The van der Waals surface area contributed by atoms with E-state index in [1.54, 1.807) is 6.92 Å². The maximum absolute atomic E-state index is 12.6. The highest BCUT2D eigenvalue weighted by atomic mass is 16.5. The predicted octanol–water partition coefficient (Wildman–Crippen LogP) is 5.05. The maximum atomic E-state index is 12.6. The molecule has 2 heterocycles. The van der Waals surface area contributed by atoms with Crippen LogP contribution in [0.4, 0.5) is 0 Å². The minimum Gasteiger partial charge on any atom is -0.618 e. The quantitative estimate of drug-likeness (QED) is 0.122. The number of ether oxygens (including phenoxy) is 1. The number of hydrogen-bond donors (Lipinski definition) is 2. The number of carbonyl (C=O) groups is 2. The molecule has 1 fully saturated rings. The summed E-state index contributed by atoms with van der Waals surface area (Å²) in [6, 6.07) is -0.0949. The van der Waals surface area contributed by atoms with Gasteiger partial charge in [0, 0.05) is 45.6 Å². The number of amides is 2. The Labute approximate surface area is 263 Å². The summed E-state index contributed by atoms with van der Waals surface area (Å²) in [6.45, 7) is 7.16. The van der Waals surface area contributed by atoms with Crippen LogP contribution in [-0.4, -0.2) is 67.1 Å². The Kier molecular flexibility index (Phi) is 19.5. The first-order chi connectivity index (χ1) is 21.5. The van der Waals surface area contributed by atoms with Gasteiger partial charge in [0.1, 0.15) is 0 Å². The number of aryl methyl sites for hydroxylation is 1. The molecule has 1 aliphatic heterocycles. The third-order valence-electron chi connectivity index (χ3n) is 6.94. The molecule has 1 aliphatic rings. The minimum absolute atomic E-state index is 0.0262. The van der Waals surface area contributed by atoms with E-state index in [9.17, 15) is 14.8 Å². The first-order valence-electron chi connectivity index (χ1n) is 15.8. The molecule has 0 saturated carbocycles. The number of rotatable bonds is 20. The molecule has 0 bridgehead atoms. The fraction of sp³-hybridized carbons (Fsp3) is 0.486. The highest BCUT2D eigenvalue weighted by Gasteiger charge is 2.23. The van der Waals surface area contributed by atoms with E-state index < -0.39 is 5.91 Å². The maximum Gasteiger partial charge on any atom is 0.276 e. The molecule has 0 aromatic carbocycles. The fourth-order valence-electron chi connectivity index (χ4n) is 4.33. The molecular weight excluding hydrogens is 554 g/mol. The van der Waals surface area contributed by atoms with E-state index in [0.29, 0.717) is 49.6 Å². The number of hydrogen-bond acceptors (Lipinski definition) is 6. The van der Waals surface area contributed by atoms with Crippen LogP contribution in [0.25, 0.3) is 0 Å². The van der Waals surface area contributed by atoms with Gasteiger partial charge in [0.15, 0.2) is 5.69 Å². The molecule has 44 heavy (non-hydrogen) atoms. The van der Waals surface area contributed by atoms with Crippen LogP contribution in [0.5, 0.6) is 0 Å². The molecule has 0 spiro atoms. The Bertz CT molecular complexity index is 1150. The highest BCUT2D eigenvalue weighted by Crippen LogP contribution is 2.05. The van der Waals surface area contributed by atoms with Crippen LogP contribution in [0.15, 0.2) is 85.3 Å². The number of morpholine rings is 1. The van der Waals surface area contributed by atoms with Crippen molar-refractivity contribution in [2.75, 3.05) is 39.4 Å². The molecule has 1 aromatic rings. The van der Waals surface area contributed by atoms with Crippen LogP contribution in [0, 0.1) is 12.1 Å². The molecule has 0 aliphatic carbocycles. The van der Waals surface area contributed by atoms with Crippen LogP contribution < -0.4 is 15.4 Å². The molecule has 1 saturated heterocycles. The summed E-state index contributed by atoms with van der Waals surface area (Å²) >= 11 is 0. The Balaban J connectivity index is 1.60. The van der Waals surface area contributed by atoms with Gasteiger partial charge in [-0.25, -0.2) is 4.98 Å². The molecule has 9 heteroatoms. The zero-order valence-electron chi connectivity index (χ0n) is 26.5. The van der Waals surface area contributed by atoms with Crippen LogP contribution in [0.2, 0.25) is 0 Å². The van der Waals surface area contributed by atoms with Crippen LogP contribution >= 0.6 is 0 Å². The van der Waals surface area contributed by atoms with Crippen LogP contribution in [0.1, 0.15) is 74.5 Å².